The molecule has 0 atom stereocenters. The van der Waals surface area contributed by atoms with Gasteiger partial charge in [0.25, 0.3) is 5.56 Å². The molecule has 0 amide bonds. The molecule has 1 N–H and O–H groups in total. The van der Waals surface area contributed by atoms with Gasteiger partial charge in [0.15, 0.2) is 0 Å². The van der Waals surface area contributed by atoms with Gasteiger partial charge in [0.1, 0.15) is 5.52 Å². The Kier molecular flexibility index (Phi) is 2.50. The zero-order valence-corrected chi connectivity index (χ0v) is 10.1. The Balaban J connectivity index is 2.08. The Labute approximate surface area is 99.7 Å². The van der Waals surface area contributed by atoms with Crippen LogP contribution < -0.4 is 5.56 Å². The summed E-state index contributed by atoms with van der Waals surface area (Å²) in [6, 6.07) is 1.82. The van der Waals surface area contributed by atoms with Crippen LogP contribution in [-0.4, -0.2) is 14.6 Å². The van der Waals surface area contributed by atoms with Crippen molar-refractivity contribution in [2.75, 3.05) is 0 Å². The van der Waals surface area contributed by atoms with E-state index in [1.807, 2.05) is 19.2 Å². The van der Waals surface area contributed by atoms with E-state index in [1.165, 1.54) is 32.1 Å². The molecule has 1 fully saturated rings. The third-order valence-electron chi connectivity index (χ3n) is 3.65. The fraction of sp³-hybridized carbons (Fsp3) is 0.538. The molecule has 0 spiro atoms. The summed E-state index contributed by atoms with van der Waals surface area (Å²) in [6.45, 7) is 1.91. The minimum absolute atomic E-state index is 0.0197. The second-order valence-corrected chi connectivity index (χ2v) is 4.99. The van der Waals surface area contributed by atoms with Gasteiger partial charge < -0.3 is 4.98 Å². The monoisotopic (exact) mass is 231 g/mol. The first-order valence-electron chi connectivity index (χ1n) is 6.33. The van der Waals surface area contributed by atoms with Crippen LogP contribution >= 0.6 is 0 Å². The van der Waals surface area contributed by atoms with Gasteiger partial charge in [0.2, 0.25) is 0 Å². The van der Waals surface area contributed by atoms with E-state index in [4.69, 9.17) is 0 Å². The van der Waals surface area contributed by atoms with Crippen LogP contribution in [0.15, 0.2) is 17.1 Å². The number of nitrogens with one attached hydrogen (secondary N) is 1. The molecule has 2 aromatic rings. The van der Waals surface area contributed by atoms with Crippen molar-refractivity contribution in [1.82, 2.24) is 14.6 Å². The molecular formula is C13H17N3O. The summed E-state index contributed by atoms with van der Waals surface area (Å²) in [5.41, 5.74) is 2.55. The van der Waals surface area contributed by atoms with E-state index < -0.39 is 0 Å². The van der Waals surface area contributed by atoms with Crippen LogP contribution in [-0.2, 0) is 0 Å². The summed E-state index contributed by atoms with van der Waals surface area (Å²) in [5.74, 6) is 0.505. The molecule has 17 heavy (non-hydrogen) atoms. The van der Waals surface area contributed by atoms with Gasteiger partial charge in [0.05, 0.1) is 5.69 Å². The Morgan fingerprint density at radius 1 is 1.35 bits per heavy atom. The second kappa shape index (κ2) is 4.02. The largest absolute Gasteiger partial charge is 0.323 e. The van der Waals surface area contributed by atoms with Crippen LogP contribution in [0.3, 0.4) is 0 Å². The Hall–Kier alpha value is -1.58. The van der Waals surface area contributed by atoms with Crippen LogP contribution in [0.25, 0.3) is 5.52 Å². The van der Waals surface area contributed by atoms with Crippen molar-refractivity contribution in [2.45, 2.75) is 44.9 Å². The fourth-order valence-corrected chi connectivity index (χ4v) is 2.76. The van der Waals surface area contributed by atoms with Crippen molar-refractivity contribution in [1.29, 1.82) is 0 Å². The van der Waals surface area contributed by atoms with Crippen molar-refractivity contribution in [3.63, 3.8) is 0 Å². The van der Waals surface area contributed by atoms with Crippen LogP contribution in [0.2, 0.25) is 0 Å². The predicted molar refractivity (Wildman–Crippen MR) is 66.4 cm³/mol. The molecule has 0 saturated heterocycles. The number of aryl methyl sites for hydroxylation is 1. The molecule has 0 radical (unpaired) electrons. The van der Waals surface area contributed by atoms with E-state index >= 15 is 0 Å². The Morgan fingerprint density at radius 3 is 2.88 bits per heavy atom. The number of aromatic nitrogens is 3. The summed E-state index contributed by atoms with van der Waals surface area (Å²) in [4.78, 5) is 15.0. The van der Waals surface area contributed by atoms with Crippen molar-refractivity contribution in [3.05, 3.63) is 34.0 Å². The molecule has 1 aliphatic rings. The number of rotatable bonds is 1. The van der Waals surface area contributed by atoms with E-state index in [1.54, 1.807) is 4.52 Å². The van der Waals surface area contributed by atoms with E-state index in [2.05, 4.69) is 10.1 Å². The number of nitrogens with zero attached hydrogens (tertiary/aromatic N) is 2. The molecule has 2 aromatic heterocycles. The van der Waals surface area contributed by atoms with Crippen LogP contribution in [0, 0.1) is 6.92 Å². The highest BCUT2D eigenvalue weighted by atomic mass is 16.1. The van der Waals surface area contributed by atoms with Gasteiger partial charge in [0, 0.05) is 17.8 Å². The molecule has 0 unspecified atom stereocenters. The van der Waals surface area contributed by atoms with E-state index in [-0.39, 0.29) is 5.56 Å². The summed E-state index contributed by atoms with van der Waals surface area (Å²) in [6.07, 6.45) is 8.21. The van der Waals surface area contributed by atoms with Crippen molar-refractivity contribution >= 4 is 5.52 Å². The first kappa shape index (κ1) is 10.6. The number of hydrogen-bond acceptors (Lipinski definition) is 2. The van der Waals surface area contributed by atoms with Gasteiger partial charge in [-0.15, -0.1) is 0 Å². The summed E-state index contributed by atoms with van der Waals surface area (Å²) >= 11 is 0. The molecule has 1 aliphatic carbocycles. The zero-order chi connectivity index (χ0) is 11.8. The minimum Gasteiger partial charge on any atom is -0.323 e. The van der Waals surface area contributed by atoms with Gasteiger partial charge in [-0.3, -0.25) is 4.79 Å². The maximum atomic E-state index is 11.9. The van der Waals surface area contributed by atoms with Crippen molar-refractivity contribution in [3.8, 4) is 0 Å². The molecule has 4 nitrogen and oxygen atoms in total. The number of H-pyrrole nitrogens is 1. The minimum atomic E-state index is -0.0197. The molecule has 4 heteroatoms. The SMILES string of the molecule is Cc1cc2c(=O)[nH]c(C3CCCCC3)cn2n1. The van der Waals surface area contributed by atoms with E-state index in [0.717, 1.165) is 11.4 Å². The number of hydrogen-bond donors (Lipinski definition) is 1. The third kappa shape index (κ3) is 1.88. The Morgan fingerprint density at radius 2 is 2.12 bits per heavy atom. The standard InChI is InChI=1S/C13H17N3O/c1-9-7-12-13(17)14-11(8-16(12)15-9)10-5-3-2-4-6-10/h7-8,10H,2-6H2,1H3,(H,14,17). The van der Waals surface area contributed by atoms with E-state index in [0.29, 0.717) is 11.4 Å². The highest BCUT2D eigenvalue weighted by molar-refractivity contribution is 5.45. The molecule has 3 rings (SSSR count). The predicted octanol–water partition coefficient (Wildman–Crippen LogP) is 2.38. The Bertz CT molecular complexity index is 590. The molecule has 0 aromatic carbocycles. The lowest BCUT2D eigenvalue weighted by Crippen LogP contribution is -2.16. The average molecular weight is 231 g/mol. The maximum absolute atomic E-state index is 11.9. The van der Waals surface area contributed by atoms with Gasteiger partial charge in [-0.25, -0.2) is 4.52 Å². The molecule has 90 valence electrons. The number of fused-ring (bicyclic) bond motifs is 1. The second-order valence-electron chi connectivity index (χ2n) is 4.99. The third-order valence-corrected chi connectivity index (χ3v) is 3.65. The maximum Gasteiger partial charge on any atom is 0.274 e. The molecular weight excluding hydrogens is 214 g/mol. The van der Waals surface area contributed by atoms with Gasteiger partial charge >= 0.3 is 0 Å². The van der Waals surface area contributed by atoms with E-state index in [9.17, 15) is 4.79 Å². The first-order chi connectivity index (χ1) is 8.24. The van der Waals surface area contributed by atoms with Gasteiger partial charge in [-0.1, -0.05) is 19.3 Å². The average Bonchev–Trinajstić information content (AvgIpc) is 2.71. The van der Waals surface area contributed by atoms with Crippen molar-refractivity contribution < 1.29 is 0 Å². The van der Waals surface area contributed by atoms with Crippen molar-refractivity contribution in [2.24, 2.45) is 0 Å². The highest BCUT2D eigenvalue weighted by Gasteiger charge is 2.17. The van der Waals surface area contributed by atoms with Crippen LogP contribution in [0.5, 0.6) is 0 Å². The molecule has 0 aliphatic heterocycles. The molecule has 2 heterocycles. The lowest BCUT2D eigenvalue weighted by molar-refractivity contribution is 0.434. The molecule has 1 saturated carbocycles. The van der Waals surface area contributed by atoms with Crippen LogP contribution in [0.4, 0.5) is 0 Å². The summed E-state index contributed by atoms with van der Waals surface area (Å²) in [7, 11) is 0. The van der Waals surface area contributed by atoms with Gasteiger partial charge in [-0.05, 0) is 25.8 Å². The first-order valence-corrected chi connectivity index (χ1v) is 6.33. The normalized spacial score (nSPS) is 17.7. The summed E-state index contributed by atoms with van der Waals surface area (Å²) in [5, 5.41) is 4.33. The zero-order valence-electron chi connectivity index (χ0n) is 10.1. The quantitative estimate of drug-likeness (QED) is 0.819. The fourth-order valence-electron chi connectivity index (χ4n) is 2.76. The topological polar surface area (TPSA) is 50.2 Å². The van der Waals surface area contributed by atoms with Crippen LogP contribution in [0.1, 0.15) is 49.4 Å². The smallest absolute Gasteiger partial charge is 0.274 e. The van der Waals surface area contributed by atoms with Gasteiger partial charge in [-0.2, -0.15) is 5.10 Å². The lowest BCUT2D eigenvalue weighted by Gasteiger charge is -2.21. The lowest BCUT2D eigenvalue weighted by atomic mass is 9.87. The highest BCUT2D eigenvalue weighted by Crippen LogP contribution is 2.30. The number of aromatic amines is 1. The molecule has 0 bridgehead atoms. The summed E-state index contributed by atoms with van der Waals surface area (Å²) < 4.78 is 1.72.